The van der Waals surface area contributed by atoms with E-state index in [4.69, 9.17) is 9.84 Å². The zero-order chi connectivity index (χ0) is 12.7. The van der Waals surface area contributed by atoms with Crippen LogP contribution in [-0.2, 0) is 9.59 Å². The van der Waals surface area contributed by atoms with E-state index in [0.29, 0.717) is 11.4 Å². The molecule has 0 fully saturated rings. The number of hydrogen-bond acceptors (Lipinski definition) is 4. The molecule has 1 amide bonds. The van der Waals surface area contributed by atoms with Crippen molar-refractivity contribution in [3.8, 4) is 5.75 Å². The Labute approximate surface area is 99.4 Å². The first-order chi connectivity index (χ1) is 8.11. The summed E-state index contributed by atoms with van der Waals surface area (Å²) in [6.07, 6.45) is -0.122. The van der Waals surface area contributed by atoms with Crippen LogP contribution in [0, 0.1) is 0 Å². The molecule has 0 aromatic heterocycles. The summed E-state index contributed by atoms with van der Waals surface area (Å²) in [5, 5.41) is 11.2. The van der Waals surface area contributed by atoms with Gasteiger partial charge in [-0.1, -0.05) is 0 Å². The van der Waals surface area contributed by atoms with Crippen LogP contribution < -0.4 is 10.1 Å². The molecule has 0 radical (unpaired) electrons. The van der Waals surface area contributed by atoms with E-state index >= 15 is 0 Å². The summed E-state index contributed by atoms with van der Waals surface area (Å²) in [4.78, 5) is 22.0. The lowest BCUT2D eigenvalue weighted by Gasteiger charge is -2.06. The number of hydrogen-bond donors (Lipinski definition) is 2. The topological polar surface area (TPSA) is 75.6 Å². The smallest absolute Gasteiger partial charge is 0.231 e. The quantitative estimate of drug-likeness (QED) is 0.723. The van der Waals surface area contributed by atoms with Crippen LogP contribution in [0.15, 0.2) is 24.3 Å². The van der Waals surface area contributed by atoms with Gasteiger partial charge in [0.15, 0.2) is 0 Å². The predicted octanol–water partition coefficient (Wildman–Crippen LogP) is 0.975. The normalized spacial score (nSPS) is 9.76. The maximum Gasteiger partial charge on any atom is 0.231 e. The number of carbonyl (C=O) groups excluding carboxylic acids is 2. The Morgan fingerprint density at radius 1 is 1.29 bits per heavy atom. The Kier molecular flexibility index (Phi) is 5.16. The molecular weight excluding hydrogens is 222 g/mol. The zero-order valence-corrected chi connectivity index (χ0v) is 9.60. The zero-order valence-electron chi connectivity index (χ0n) is 9.60. The van der Waals surface area contributed by atoms with Gasteiger partial charge >= 0.3 is 0 Å². The Bertz CT molecular complexity index is 386. The van der Waals surface area contributed by atoms with Crippen LogP contribution in [0.5, 0.6) is 5.75 Å². The first kappa shape index (κ1) is 13.2. The van der Waals surface area contributed by atoms with Crippen LogP contribution in [0.25, 0.3) is 0 Å². The number of ketones is 1. The van der Waals surface area contributed by atoms with Crippen LogP contribution in [0.4, 0.5) is 5.69 Å². The Hall–Kier alpha value is -1.88. The molecule has 5 heteroatoms. The predicted molar refractivity (Wildman–Crippen MR) is 63.0 cm³/mol. The van der Waals surface area contributed by atoms with Gasteiger partial charge < -0.3 is 15.2 Å². The molecule has 0 bridgehead atoms. The van der Waals surface area contributed by atoms with Gasteiger partial charge in [0.25, 0.3) is 0 Å². The molecule has 0 saturated carbocycles. The number of amides is 1. The fraction of sp³-hybridized carbons (Fsp3) is 0.333. The first-order valence-electron chi connectivity index (χ1n) is 5.25. The lowest BCUT2D eigenvalue weighted by atomic mass is 10.2. The van der Waals surface area contributed by atoms with Gasteiger partial charge in [0.05, 0.1) is 13.0 Å². The van der Waals surface area contributed by atoms with Gasteiger partial charge in [-0.15, -0.1) is 0 Å². The van der Waals surface area contributed by atoms with Gasteiger partial charge in [-0.2, -0.15) is 0 Å². The number of rotatable bonds is 6. The molecule has 2 N–H and O–H groups in total. The molecule has 17 heavy (non-hydrogen) atoms. The van der Waals surface area contributed by atoms with Crippen molar-refractivity contribution in [3.05, 3.63) is 24.3 Å². The SMILES string of the molecule is CC(=O)CC(=O)Nc1ccc(OCCO)cc1. The fourth-order valence-corrected chi connectivity index (χ4v) is 1.23. The van der Waals surface area contributed by atoms with Crippen LogP contribution in [-0.4, -0.2) is 30.0 Å². The van der Waals surface area contributed by atoms with Crippen molar-refractivity contribution in [3.63, 3.8) is 0 Å². The average Bonchev–Trinajstić information content (AvgIpc) is 2.27. The minimum absolute atomic E-state index is 0.0445. The second kappa shape index (κ2) is 6.65. The Balaban J connectivity index is 2.50. The monoisotopic (exact) mass is 237 g/mol. The molecule has 0 heterocycles. The van der Waals surface area contributed by atoms with Gasteiger partial charge in [-0.05, 0) is 31.2 Å². The number of aliphatic hydroxyl groups excluding tert-OH is 1. The lowest BCUT2D eigenvalue weighted by Crippen LogP contribution is -2.14. The molecule has 0 aliphatic rings. The maximum atomic E-state index is 11.3. The number of carbonyl (C=O) groups is 2. The highest BCUT2D eigenvalue weighted by molar-refractivity contribution is 6.03. The highest BCUT2D eigenvalue weighted by Gasteiger charge is 2.05. The maximum absolute atomic E-state index is 11.3. The average molecular weight is 237 g/mol. The van der Waals surface area contributed by atoms with Crippen molar-refractivity contribution in [1.29, 1.82) is 0 Å². The van der Waals surface area contributed by atoms with Crippen LogP contribution in [0.1, 0.15) is 13.3 Å². The van der Waals surface area contributed by atoms with Crippen LogP contribution in [0.3, 0.4) is 0 Å². The Morgan fingerprint density at radius 2 is 1.94 bits per heavy atom. The standard InChI is InChI=1S/C12H15NO4/c1-9(15)8-12(16)13-10-2-4-11(5-3-10)17-7-6-14/h2-5,14H,6-8H2,1H3,(H,13,16). The minimum atomic E-state index is -0.332. The van der Waals surface area contributed by atoms with Gasteiger partial charge in [-0.3, -0.25) is 9.59 Å². The highest BCUT2D eigenvalue weighted by Crippen LogP contribution is 2.15. The van der Waals surface area contributed by atoms with Crippen molar-refractivity contribution in [2.24, 2.45) is 0 Å². The number of nitrogens with one attached hydrogen (secondary N) is 1. The molecule has 0 unspecified atom stereocenters. The Morgan fingerprint density at radius 3 is 2.47 bits per heavy atom. The first-order valence-corrected chi connectivity index (χ1v) is 5.25. The molecule has 0 aliphatic carbocycles. The number of Topliss-reactive ketones (excluding diaryl/α,β-unsaturated/α-hetero) is 1. The van der Waals surface area contributed by atoms with E-state index in [9.17, 15) is 9.59 Å². The lowest BCUT2D eigenvalue weighted by molar-refractivity contribution is -0.124. The van der Waals surface area contributed by atoms with E-state index in [1.54, 1.807) is 24.3 Å². The number of aliphatic hydroxyl groups is 1. The molecule has 92 valence electrons. The molecule has 1 aromatic rings. The molecule has 1 aromatic carbocycles. The van der Waals surface area contributed by atoms with Crippen molar-refractivity contribution >= 4 is 17.4 Å². The second-order valence-corrected chi connectivity index (χ2v) is 3.52. The number of ether oxygens (including phenoxy) is 1. The van der Waals surface area contributed by atoms with Crippen molar-refractivity contribution in [2.45, 2.75) is 13.3 Å². The summed E-state index contributed by atoms with van der Waals surface area (Å²) in [5.41, 5.74) is 0.604. The van der Waals surface area contributed by atoms with E-state index < -0.39 is 0 Å². The van der Waals surface area contributed by atoms with E-state index in [0.717, 1.165) is 0 Å². The molecular formula is C12H15NO4. The molecule has 0 spiro atoms. The van der Waals surface area contributed by atoms with E-state index in [1.165, 1.54) is 6.92 Å². The fourth-order valence-electron chi connectivity index (χ4n) is 1.23. The van der Waals surface area contributed by atoms with Crippen LogP contribution in [0.2, 0.25) is 0 Å². The van der Waals surface area contributed by atoms with E-state index in [2.05, 4.69) is 5.32 Å². The largest absolute Gasteiger partial charge is 0.491 e. The highest BCUT2D eigenvalue weighted by atomic mass is 16.5. The molecule has 0 saturated heterocycles. The molecule has 0 atom stereocenters. The molecule has 1 rings (SSSR count). The number of benzene rings is 1. The van der Waals surface area contributed by atoms with Gasteiger partial charge in [0, 0.05) is 5.69 Å². The summed E-state index contributed by atoms with van der Waals surface area (Å²) in [6, 6.07) is 6.70. The van der Waals surface area contributed by atoms with Gasteiger partial charge in [-0.25, -0.2) is 0 Å². The van der Waals surface area contributed by atoms with Crippen molar-refractivity contribution in [2.75, 3.05) is 18.5 Å². The summed E-state index contributed by atoms with van der Waals surface area (Å²) in [5.74, 6) is 0.107. The van der Waals surface area contributed by atoms with Gasteiger partial charge in [0.1, 0.15) is 18.1 Å². The third kappa shape index (κ3) is 5.12. The van der Waals surface area contributed by atoms with Crippen LogP contribution >= 0.6 is 0 Å². The van der Waals surface area contributed by atoms with Crippen molar-refractivity contribution < 1.29 is 19.4 Å². The summed E-state index contributed by atoms with van der Waals surface area (Å²) < 4.78 is 5.16. The third-order valence-electron chi connectivity index (χ3n) is 1.91. The van der Waals surface area contributed by atoms with Crippen molar-refractivity contribution in [1.82, 2.24) is 0 Å². The second-order valence-electron chi connectivity index (χ2n) is 3.52. The van der Waals surface area contributed by atoms with E-state index in [-0.39, 0.29) is 31.3 Å². The van der Waals surface area contributed by atoms with Gasteiger partial charge in [0.2, 0.25) is 5.91 Å². The van der Waals surface area contributed by atoms with E-state index in [1.807, 2.05) is 0 Å². The summed E-state index contributed by atoms with van der Waals surface area (Å²) >= 11 is 0. The number of anilines is 1. The molecule has 5 nitrogen and oxygen atoms in total. The minimum Gasteiger partial charge on any atom is -0.491 e. The third-order valence-corrected chi connectivity index (χ3v) is 1.91. The summed E-state index contributed by atoms with van der Waals surface area (Å²) in [6.45, 7) is 1.55. The summed E-state index contributed by atoms with van der Waals surface area (Å²) in [7, 11) is 0. The molecule has 0 aliphatic heterocycles.